The van der Waals surface area contributed by atoms with Crippen LogP contribution >= 0.6 is 0 Å². The number of primary amides is 1. The third-order valence-corrected chi connectivity index (χ3v) is 5.79. The highest BCUT2D eigenvalue weighted by atomic mass is 19.4. The number of para-hydroxylation sites is 1. The van der Waals surface area contributed by atoms with Gasteiger partial charge in [-0.2, -0.15) is 18.3 Å². The monoisotopic (exact) mass is 465 g/mol. The van der Waals surface area contributed by atoms with E-state index in [0.717, 1.165) is 6.20 Å². The van der Waals surface area contributed by atoms with Crippen molar-refractivity contribution in [1.82, 2.24) is 19.3 Å². The number of benzene rings is 2. The molecule has 0 bridgehead atoms. The first kappa shape index (κ1) is 21.7. The van der Waals surface area contributed by atoms with Gasteiger partial charge in [-0.15, -0.1) is 0 Å². The highest BCUT2D eigenvalue weighted by Crippen LogP contribution is 2.47. The molecule has 10 heteroatoms. The fourth-order valence-corrected chi connectivity index (χ4v) is 4.25. The summed E-state index contributed by atoms with van der Waals surface area (Å²) in [5, 5.41) is 16.2. The van der Waals surface area contributed by atoms with Gasteiger partial charge < -0.3 is 15.4 Å². The van der Waals surface area contributed by atoms with Gasteiger partial charge in [-0.1, -0.05) is 24.3 Å². The standard InChI is InChI=1S/C24H18F3N5O2/c25-24(26,27)23(34,19-13-31(14-22(28)33)21-6-2-1-5-18(19)21)16-7-8-20-15(10-16)11-30-32(20)17-4-3-9-29-12-17/h1-13,34H,14H2,(H2,28,33). The van der Waals surface area contributed by atoms with Gasteiger partial charge in [0, 0.05) is 34.2 Å². The molecule has 34 heavy (non-hydrogen) atoms. The second-order valence-electron chi connectivity index (χ2n) is 7.90. The Bertz CT molecular complexity index is 1520. The summed E-state index contributed by atoms with van der Waals surface area (Å²) in [6.45, 7) is -0.328. The number of rotatable bonds is 5. The topological polar surface area (TPSA) is 99.0 Å². The largest absolute Gasteiger partial charge is 0.425 e. The fraction of sp³-hybridized carbons (Fsp3) is 0.125. The van der Waals surface area contributed by atoms with Crippen LogP contribution in [0, 0.1) is 0 Å². The second kappa shape index (κ2) is 7.70. The molecule has 3 heterocycles. The van der Waals surface area contributed by atoms with Crippen molar-refractivity contribution >= 4 is 27.7 Å². The molecule has 0 aliphatic rings. The van der Waals surface area contributed by atoms with E-state index in [1.54, 1.807) is 47.4 Å². The number of aliphatic hydroxyl groups is 1. The summed E-state index contributed by atoms with van der Waals surface area (Å²) in [5.41, 5.74) is 2.72. The molecule has 5 rings (SSSR count). The number of nitrogens with two attached hydrogens (primary N) is 1. The summed E-state index contributed by atoms with van der Waals surface area (Å²) in [6.07, 6.45) is 0.679. The Morgan fingerprint density at radius 1 is 1.03 bits per heavy atom. The molecule has 1 unspecified atom stereocenters. The Morgan fingerprint density at radius 2 is 1.82 bits per heavy atom. The lowest BCUT2D eigenvalue weighted by atomic mass is 9.85. The molecule has 3 aromatic heterocycles. The van der Waals surface area contributed by atoms with Gasteiger partial charge in [0.2, 0.25) is 11.5 Å². The van der Waals surface area contributed by atoms with Crippen LogP contribution < -0.4 is 5.73 Å². The van der Waals surface area contributed by atoms with Crippen LogP contribution in [0.25, 0.3) is 27.5 Å². The van der Waals surface area contributed by atoms with Crippen molar-refractivity contribution in [2.75, 3.05) is 0 Å². The van der Waals surface area contributed by atoms with E-state index in [4.69, 9.17) is 5.73 Å². The van der Waals surface area contributed by atoms with Gasteiger partial charge >= 0.3 is 6.18 Å². The van der Waals surface area contributed by atoms with Crippen LogP contribution in [-0.4, -0.2) is 36.5 Å². The van der Waals surface area contributed by atoms with Crippen molar-refractivity contribution in [3.8, 4) is 5.69 Å². The molecule has 0 fully saturated rings. The SMILES string of the molecule is NC(=O)Cn1cc(C(O)(c2ccc3c(cnn3-c3cccnc3)c2)C(F)(F)F)c2ccccc21. The van der Waals surface area contributed by atoms with E-state index < -0.39 is 23.2 Å². The Kier molecular flexibility index (Phi) is 4.90. The zero-order chi connectivity index (χ0) is 24.1. The van der Waals surface area contributed by atoms with Crippen molar-refractivity contribution in [1.29, 1.82) is 0 Å². The quantitative estimate of drug-likeness (QED) is 0.414. The molecule has 0 saturated heterocycles. The van der Waals surface area contributed by atoms with Gasteiger partial charge in [-0.05, 0) is 35.9 Å². The molecular weight excluding hydrogens is 447 g/mol. The van der Waals surface area contributed by atoms with Crippen molar-refractivity contribution < 1.29 is 23.1 Å². The normalized spacial score (nSPS) is 13.9. The van der Waals surface area contributed by atoms with Gasteiger partial charge in [0.05, 0.1) is 23.6 Å². The Hall–Kier alpha value is -4.18. The summed E-state index contributed by atoms with van der Waals surface area (Å²) >= 11 is 0. The Labute approximate surface area is 190 Å². The third-order valence-electron chi connectivity index (χ3n) is 5.79. The summed E-state index contributed by atoms with van der Waals surface area (Å²) in [6, 6.07) is 13.7. The number of alkyl halides is 3. The van der Waals surface area contributed by atoms with Crippen LogP contribution in [0.2, 0.25) is 0 Å². The predicted octanol–water partition coefficient (Wildman–Crippen LogP) is 3.66. The number of hydrogen-bond donors (Lipinski definition) is 2. The van der Waals surface area contributed by atoms with Gasteiger partial charge in [-0.25, -0.2) is 4.68 Å². The minimum atomic E-state index is -5.07. The van der Waals surface area contributed by atoms with E-state index in [1.807, 2.05) is 0 Å². The average Bonchev–Trinajstić information content (AvgIpc) is 3.40. The number of fused-ring (bicyclic) bond motifs is 2. The molecule has 0 spiro atoms. The van der Waals surface area contributed by atoms with E-state index >= 15 is 0 Å². The van der Waals surface area contributed by atoms with Crippen LogP contribution in [0.3, 0.4) is 0 Å². The second-order valence-corrected chi connectivity index (χ2v) is 7.90. The first-order chi connectivity index (χ1) is 16.2. The van der Waals surface area contributed by atoms with Crippen LogP contribution in [-0.2, 0) is 16.9 Å². The lowest BCUT2D eigenvalue weighted by molar-refractivity contribution is -0.247. The number of carbonyl (C=O) groups is 1. The van der Waals surface area contributed by atoms with Crippen LogP contribution in [0.4, 0.5) is 13.2 Å². The molecule has 0 saturated carbocycles. The maximum atomic E-state index is 14.6. The maximum Gasteiger partial charge on any atom is 0.425 e. The molecule has 3 N–H and O–H groups in total. The average molecular weight is 465 g/mol. The molecule has 7 nitrogen and oxygen atoms in total. The third kappa shape index (κ3) is 3.30. The smallest absolute Gasteiger partial charge is 0.372 e. The number of hydrogen-bond acceptors (Lipinski definition) is 4. The number of halogens is 3. The zero-order valence-corrected chi connectivity index (χ0v) is 17.6. The summed E-state index contributed by atoms with van der Waals surface area (Å²) in [7, 11) is 0. The lowest BCUT2D eigenvalue weighted by Crippen LogP contribution is -2.43. The Morgan fingerprint density at radius 3 is 2.53 bits per heavy atom. The molecule has 0 aliphatic carbocycles. The van der Waals surface area contributed by atoms with Gasteiger partial charge in [-0.3, -0.25) is 9.78 Å². The summed E-state index contributed by atoms with van der Waals surface area (Å²) in [4.78, 5) is 15.6. The molecule has 1 amide bonds. The van der Waals surface area contributed by atoms with Crippen molar-refractivity contribution in [2.45, 2.75) is 18.3 Å². The van der Waals surface area contributed by atoms with Gasteiger partial charge in [0.1, 0.15) is 6.54 Å². The summed E-state index contributed by atoms with van der Waals surface area (Å²) < 4.78 is 46.6. The lowest BCUT2D eigenvalue weighted by Gasteiger charge is -2.31. The number of carbonyl (C=O) groups excluding carboxylic acids is 1. The van der Waals surface area contributed by atoms with E-state index in [2.05, 4.69) is 10.1 Å². The highest BCUT2D eigenvalue weighted by molar-refractivity contribution is 5.88. The maximum absolute atomic E-state index is 14.6. The van der Waals surface area contributed by atoms with Crippen molar-refractivity contribution in [3.05, 3.63) is 90.5 Å². The van der Waals surface area contributed by atoms with Crippen molar-refractivity contribution in [3.63, 3.8) is 0 Å². The molecule has 0 aliphatic heterocycles. The number of aromatic nitrogens is 4. The molecule has 2 aromatic carbocycles. The van der Waals surface area contributed by atoms with Crippen molar-refractivity contribution in [2.24, 2.45) is 5.73 Å². The number of amides is 1. The van der Waals surface area contributed by atoms with Gasteiger partial charge in [0.15, 0.2) is 0 Å². The molecular formula is C24H18F3N5O2. The van der Waals surface area contributed by atoms with E-state index in [9.17, 15) is 23.1 Å². The van der Waals surface area contributed by atoms with Crippen LogP contribution in [0.1, 0.15) is 11.1 Å². The van der Waals surface area contributed by atoms with E-state index in [-0.39, 0.29) is 17.5 Å². The first-order valence-electron chi connectivity index (χ1n) is 10.2. The summed E-state index contributed by atoms with van der Waals surface area (Å²) in [5.74, 6) is -0.716. The molecule has 5 aromatic rings. The van der Waals surface area contributed by atoms with Crippen LogP contribution in [0.5, 0.6) is 0 Å². The predicted molar refractivity (Wildman–Crippen MR) is 119 cm³/mol. The molecule has 1 atom stereocenters. The van der Waals surface area contributed by atoms with Gasteiger partial charge in [0.25, 0.3) is 0 Å². The fourth-order valence-electron chi connectivity index (χ4n) is 4.25. The number of pyridine rings is 1. The van der Waals surface area contributed by atoms with E-state index in [1.165, 1.54) is 35.0 Å². The number of nitrogens with zero attached hydrogens (tertiary/aromatic N) is 4. The van der Waals surface area contributed by atoms with Crippen LogP contribution in [0.15, 0.2) is 79.4 Å². The minimum Gasteiger partial charge on any atom is -0.372 e. The Balaban J connectivity index is 1.72. The molecule has 0 radical (unpaired) electrons. The molecule has 172 valence electrons. The zero-order valence-electron chi connectivity index (χ0n) is 17.6. The highest BCUT2D eigenvalue weighted by Gasteiger charge is 2.57. The first-order valence-corrected chi connectivity index (χ1v) is 10.2. The van der Waals surface area contributed by atoms with E-state index in [0.29, 0.717) is 22.1 Å². The minimum absolute atomic E-state index is 0.162.